The second kappa shape index (κ2) is 9.04. The molecule has 1 aliphatic rings. The summed E-state index contributed by atoms with van der Waals surface area (Å²) in [5.41, 5.74) is 0.977. The number of nitrogens with one attached hydrogen (secondary N) is 2. The lowest BCUT2D eigenvalue weighted by atomic mass is 9.96. The van der Waals surface area contributed by atoms with Crippen molar-refractivity contribution in [2.24, 2.45) is 0 Å². The first-order valence-corrected chi connectivity index (χ1v) is 9.06. The quantitative estimate of drug-likeness (QED) is 0.761. The SMILES string of the molecule is C[C@H]([NH2+][C@@H](C)c1ccccc1Cl)C(=O)NC(=O)NC1CCCCC1. The topological polar surface area (TPSA) is 74.8 Å². The van der Waals surface area contributed by atoms with E-state index in [9.17, 15) is 9.59 Å². The van der Waals surface area contributed by atoms with Crippen LogP contribution in [0.15, 0.2) is 24.3 Å². The molecule has 0 saturated heterocycles. The number of rotatable bonds is 5. The van der Waals surface area contributed by atoms with E-state index < -0.39 is 6.03 Å². The smallest absolute Gasteiger partial charge is 0.321 e. The first kappa shape index (κ1) is 18.7. The molecule has 24 heavy (non-hydrogen) atoms. The van der Waals surface area contributed by atoms with Gasteiger partial charge in [0.15, 0.2) is 6.04 Å². The Labute approximate surface area is 148 Å². The number of urea groups is 1. The summed E-state index contributed by atoms with van der Waals surface area (Å²) in [5.74, 6) is -0.290. The van der Waals surface area contributed by atoms with Gasteiger partial charge >= 0.3 is 6.03 Å². The van der Waals surface area contributed by atoms with Crippen LogP contribution in [0, 0.1) is 0 Å². The molecular formula is C18H27ClN3O2+. The Morgan fingerprint density at radius 3 is 2.50 bits per heavy atom. The lowest BCUT2D eigenvalue weighted by Crippen LogP contribution is -2.92. The van der Waals surface area contributed by atoms with Gasteiger partial charge in [-0.15, -0.1) is 0 Å². The average molecular weight is 353 g/mol. The largest absolute Gasteiger partial charge is 0.335 e. The molecule has 1 aromatic rings. The van der Waals surface area contributed by atoms with E-state index in [2.05, 4.69) is 10.6 Å². The number of carbonyl (C=O) groups is 2. The first-order chi connectivity index (χ1) is 11.5. The lowest BCUT2D eigenvalue weighted by Gasteiger charge is -2.23. The Morgan fingerprint density at radius 2 is 1.83 bits per heavy atom. The molecule has 4 N–H and O–H groups in total. The number of quaternary nitrogens is 1. The molecular weight excluding hydrogens is 326 g/mol. The number of amides is 3. The number of halogens is 1. The van der Waals surface area contributed by atoms with Gasteiger partial charge in [-0.2, -0.15) is 0 Å². The number of hydrogen-bond acceptors (Lipinski definition) is 2. The van der Waals surface area contributed by atoms with Gasteiger partial charge < -0.3 is 10.6 Å². The molecule has 1 aliphatic carbocycles. The highest BCUT2D eigenvalue weighted by Crippen LogP contribution is 2.19. The van der Waals surface area contributed by atoms with Crippen molar-refractivity contribution >= 4 is 23.5 Å². The van der Waals surface area contributed by atoms with E-state index in [1.807, 2.05) is 36.5 Å². The van der Waals surface area contributed by atoms with Gasteiger partial charge in [-0.3, -0.25) is 10.1 Å². The maximum absolute atomic E-state index is 12.2. The van der Waals surface area contributed by atoms with E-state index in [4.69, 9.17) is 11.6 Å². The number of carbonyl (C=O) groups excluding carboxylic acids is 2. The van der Waals surface area contributed by atoms with Crippen LogP contribution in [0.25, 0.3) is 0 Å². The molecule has 0 spiro atoms. The fourth-order valence-electron chi connectivity index (χ4n) is 3.16. The van der Waals surface area contributed by atoms with E-state index in [-0.39, 0.29) is 24.0 Å². The van der Waals surface area contributed by atoms with E-state index in [1.165, 1.54) is 6.42 Å². The summed E-state index contributed by atoms with van der Waals surface area (Å²) < 4.78 is 0. The molecule has 0 heterocycles. The Hall–Kier alpha value is -1.59. The Kier molecular flexibility index (Phi) is 7.06. The fourth-order valence-corrected chi connectivity index (χ4v) is 3.47. The standard InChI is InChI=1S/C18H26ClN3O2/c1-12(15-10-6-7-11-16(15)19)20-13(2)17(23)22-18(24)21-14-8-4-3-5-9-14/h6-7,10-14,20H,3-5,8-9H2,1-2H3,(H2,21,22,23,24)/p+1/t12-,13-/m0/s1. The highest BCUT2D eigenvalue weighted by atomic mass is 35.5. The van der Waals surface area contributed by atoms with Crippen molar-refractivity contribution in [2.75, 3.05) is 0 Å². The summed E-state index contributed by atoms with van der Waals surface area (Å²) in [6.45, 7) is 3.78. The van der Waals surface area contributed by atoms with E-state index in [1.54, 1.807) is 6.92 Å². The zero-order valence-corrected chi connectivity index (χ0v) is 15.1. The van der Waals surface area contributed by atoms with Crippen LogP contribution in [0.5, 0.6) is 0 Å². The van der Waals surface area contributed by atoms with Gasteiger partial charge in [0.1, 0.15) is 6.04 Å². The summed E-state index contributed by atoms with van der Waals surface area (Å²) in [6.07, 6.45) is 5.49. The van der Waals surface area contributed by atoms with Crippen LogP contribution in [-0.2, 0) is 4.79 Å². The Bertz CT molecular complexity index is 573. The van der Waals surface area contributed by atoms with Gasteiger partial charge in [0.2, 0.25) is 0 Å². The minimum Gasteiger partial charge on any atom is -0.335 e. The highest BCUT2D eigenvalue weighted by molar-refractivity contribution is 6.31. The van der Waals surface area contributed by atoms with Crippen molar-refractivity contribution in [1.82, 2.24) is 10.6 Å². The Morgan fingerprint density at radius 1 is 1.17 bits per heavy atom. The number of benzene rings is 1. The number of hydrogen-bond donors (Lipinski definition) is 3. The van der Waals surface area contributed by atoms with Crippen LogP contribution in [0.4, 0.5) is 4.79 Å². The van der Waals surface area contributed by atoms with E-state index >= 15 is 0 Å². The normalized spacial score (nSPS) is 17.8. The number of nitrogens with two attached hydrogens (primary N) is 1. The zero-order chi connectivity index (χ0) is 17.5. The first-order valence-electron chi connectivity index (χ1n) is 8.68. The van der Waals surface area contributed by atoms with Crippen molar-refractivity contribution in [3.8, 4) is 0 Å². The van der Waals surface area contributed by atoms with Crippen molar-refractivity contribution < 1.29 is 14.9 Å². The van der Waals surface area contributed by atoms with Gasteiger partial charge in [-0.1, -0.05) is 49.1 Å². The summed E-state index contributed by atoms with van der Waals surface area (Å²) in [4.78, 5) is 24.2. The van der Waals surface area contributed by atoms with Crippen molar-refractivity contribution in [2.45, 2.75) is 64.1 Å². The maximum Gasteiger partial charge on any atom is 0.321 e. The van der Waals surface area contributed by atoms with Crippen LogP contribution < -0.4 is 16.0 Å². The molecule has 0 radical (unpaired) electrons. The van der Waals surface area contributed by atoms with E-state index in [0.717, 1.165) is 31.2 Å². The molecule has 0 aromatic heterocycles. The minimum atomic E-state index is -0.391. The van der Waals surface area contributed by atoms with Crippen molar-refractivity contribution in [3.05, 3.63) is 34.9 Å². The second-order valence-corrected chi connectivity index (χ2v) is 7.00. The van der Waals surface area contributed by atoms with Crippen LogP contribution in [0.3, 0.4) is 0 Å². The monoisotopic (exact) mass is 352 g/mol. The molecule has 0 unspecified atom stereocenters. The highest BCUT2D eigenvalue weighted by Gasteiger charge is 2.24. The van der Waals surface area contributed by atoms with Crippen LogP contribution >= 0.6 is 11.6 Å². The minimum absolute atomic E-state index is 0.0286. The summed E-state index contributed by atoms with van der Waals surface area (Å²) in [7, 11) is 0. The predicted molar refractivity (Wildman–Crippen MR) is 94.8 cm³/mol. The molecule has 2 atom stereocenters. The maximum atomic E-state index is 12.2. The molecule has 2 rings (SSSR count). The van der Waals surface area contributed by atoms with Crippen molar-refractivity contribution in [3.63, 3.8) is 0 Å². The van der Waals surface area contributed by atoms with Gasteiger partial charge in [0.25, 0.3) is 5.91 Å². The van der Waals surface area contributed by atoms with Crippen LogP contribution in [-0.4, -0.2) is 24.0 Å². The molecule has 0 aliphatic heterocycles. The molecule has 1 saturated carbocycles. The molecule has 0 bridgehead atoms. The van der Waals surface area contributed by atoms with Gasteiger partial charge in [-0.25, -0.2) is 4.79 Å². The van der Waals surface area contributed by atoms with Crippen molar-refractivity contribution in [1.29, 1.82) is 0 Å². The predicted octanol–water partition coefficient (Wildman–Crippen LogP) is 2.51. The van der Waals surface area contributed by atoms with Crippen LogP contribution in [0.1, 0.15) is 57.6 Å². The lowest BCUT2D eigenvalue weighted by molar-refractivity contribution is -0.710. The molecule has 6 heteroatoms. The second-order valence-electron chi connectivity index (χ2n) is 6.59. The molecule has 132 valence electrons. The van der Waals surface area contributed by atoms with E-state index in [0.29, 0.717) is 5.02 Å². The van der Waals surface area contributed by atoms with Gasteiger partial charge in [0.05, 0.1) is 0 Å². The molecule has 1 fully saturated rings. The fraction of sp³-hybridized carbons (Fsp3) is 0.556. The third-order valence-corrected chi connectivity index (χ3v) is 4.91. The summed E-state index contributed by atoms with van der Waals surface area (Å²) >= 11 is 6.19. The molecule has 1 aromatic carbocycles. The Balaban J connectivity index is 1.81. The summed E-state index contributed by atoms with van der Waals surface area (Å²) in [6, 6.07) is 7.03. The molecule has 3 amide bonds. The number of imide groups is 1. The average Bonchev–Trinajstić information content (AvgIpc) is 2.55. The van der Waals surface area contributed by atoms with Gasteiger partial charge in [0, 0.05) is 16.6 Å². The summed E-state index contributed by atoms with van der Waals surface area (Å²) in [5, 5.41) is 7.93. The third-order valence-electron chi connectivity index (χ3n) is 4.56. The zero-order valence-electron chi connectivity index (χ0n) is 14.3. The molecule has 5 nitrogen and oxygen atoms in total. The third kappa shape index (κ3) is 5.49. The van der Waals surface area contributed by atoms with Crippen LogP contribution in [0.2, 0.25) is 5.02 Å². The van der Waals surface area contributed by atoms with Gasteiger partial charge in [-0.05, 0) is 32.8 Å².